The average Bonchev–Trinajstić information content (AvgIpc) is 3.74. The summed E-state index contributed by atoms with van der Waals surface area (Å²) >= 11 is 0. The number of H-pyrrole nitrogens is 1. The van der Waals surface area contributed by atoms with Gasteiger partial charge in [-0.1, -0.05) is 18.9 Å². The first kappa shape index (κ1) is 26.5. The standard InChI is InChI=1S/C32H39N7O/c1-39(32-34-13-12-30(36-32)35-31-19-29(37-38-31)24-4-2-3-5-24)27-10-7-21(8-11-27)17-28(40)18-23-15-25-9-6-22(20-33)14-26(25)16-23/h6,9,12-14,19,21,23-24,27H,2-5,7-8,10-11,15-18H2,1H3,(H2,34,35,36,37,38). The van der Waals surface area contributed by atoms with Gasteiger partial charge in [-0.2, -0.15) is 15.3 Å². The highest BCUT2D eigenvalue weighted by molar-refractivity contribution is 5.79. The van der Waals surface area contributed by atoms with Crippen LogP contribution in [0.3, 0.4) is 0 Å². The largest absolute Gasteiger partial charge is 0.341 e. The van der Waals surface area contributed by atoms with Gasteiger partial charge in [0.05, 0.1) is 11.6 Å². The fourth-order valence-corrected chi connectivity index (χ4v) is 7.12. The van der Waals surface area contributed by atoms with Gasteiger partial charge in [-0.3, -0.25) is 9.89 Å². The van der Waals surface area contributed by atoms with E-state index in [1.807, 2.05) is 18.2 Å². The van der Waals surface area contributed by atoms with Gasteiger partial charge in [-0.15, -0.1) is 0 Å². The summed E-state index contributed by atoms with van der Waals surface area (Å²) in [6.45, 7) is 0. The zero-order valence-corrected chi connectivity index (χ0v) is 23.4. The summed E-state index contributed by atoms with van der Waals surface area (Å²) in [5.74, 6) is 4.11. The van der Waals surface area contributed by atoms with Crippen molar-refractivity contribution in [2.24, 2.45) is 11.8 Å². The summed E-state index contributed by atoms with van der Waals surface area (Å²) in [6.07, 6.45) is 14.3. The topological polar surface area (TPSA) is 111 Å². The van der Waals surface area contributed by atoms with Crippen LogP contribution in [0.2, 0.25) is 0 Å². The lowest BCUT2D eigenvalue weighted by atomic mass is 9.81. The van der Waals surface area contributed by atoms with E-state index in [0.29, 0.717) is 48.0 Å². The maximum absolute atomic E-state index is 12.9. The molecule has 0 bridgehead atoms. The quantitative estimate of drug-likeness (QED) is 0.333. The summed E-state index contributed by atoms with van der Waals surface area (Å²) in [6, 6.07) is 12.5. The lowest BCUT2D eigenvalue weighted by Crippen LogP contribution is -2.36. The van der Waals surface area contributed by atoms with E-state index in [-0.39, 0.29) is 0 Å². The van der Waals surface area contributed by atoms with E-state index in [4.69, 9.17) is 10.2 Å². The van der Waals surface area contributed by atoms with E-state index in [9.17, 15) is 4.79 Å². The highest BCUT2D eigenvalue weighted by atomic mass is 16.1. The zero-order chi connectivity index (χ0) is 27.5. The van der Waals surface area contributed by atoms with Crippen molar-refractivity contribution in [1.29, 1.82) is 5.26 Å². The number of fused-ring (bicyclic) bond motifs is 1. The lowest BCUT2D eigenvalue weighted by molar-refractivity contribution is -0.121. The van der Waals surface area contributed by atoms with Crippen LogP contribution in [0.5, 0.6) is 0 Å². The molecule has 40 heavy (non-hydrogen) atoms. The Labute approximate surface area is 236 Å². The molecule has 2 heterocycles. The van der Waals surface area contributed by atoms with Gasteiger partial charge in [0.2, 0.25) is 5.95 Å². The SMILES string of the molecule is CN(c1nccc(Nc2cc(C3CCCC3)[nH]n2)n1)C1CCC(CC(=O)CC2Cc3ccc(C#N)cc3C2)CC1. The molecule has 2 saturated carbocycles. The number of nitrogens with zero attached hydrogens (tertiary/aromatic N) is 5. The summed E-state index contributed by atoms with van der Waals surface area (Å²) in [5.41, 5.74) is 4.48. The van der Waals surface area contributed by atoms with E-state index in [1.54, 1.807) is 6.20 Å². The number of rotatable bonds is 9. The fraction of sp³-hybridized carbons (Fsp3) is 0.531. The van der Waals surface area contributed by atoms with Crippen molar-refractivity contribution in [2.75, 3.05) is 17.3 Å². The number of hydrogen-bond acceptors (Lipinski definition) is 7. The van der Waals surface area contributed by atoms with Crippen LogP contribution < -0.4 is 10.2 Å². The third-order valence-electron chi connectivity index (χ3n) is 9.36. The number of carbonyl (C=O) groups is 1. The number of benzene rings is 1. The van der Waals surface area contributed by atoms with Crippen LogP contribution in [-0.2, 0) is 17.6 Å². The van der Waals surface area contributed by atoms with Gasteiger partial charge in [-0.05, 0) is 92.5 Å². The van der Waals surface area contributed by atoms with Crippen LogP contribution in [0.15, 0.2) is 36.5 Å². The smallest absolute Gasteiger partial charge is 0.227 e. The second-order valence-electron chi connectivity index (χ2n) is 12.2. The molecule has 3 aliphatic carbocycles. The molecule has 3 aromatic rings. The number of anilines is 3. The number of ketones is 1. The number of carbonyl (C=O) groups excluding carboxylic acids is 1. The number of aromatic amines is 1. The van der Waals surface area contributed by atoms with E-state index < -0.39 is 0 Å². The van der Waals surface area contributed by atoms with E-state index in [1.165, 1.54) is 42.5 Å². The Hall–Kier alpha value is -3.73. The lowest BCUT2D eigenvalue weighted by Gasteiger charge is -2.34. The highest BCUT2D eigenvalue weighted by Gasteiger charge is 2.29. The second kappa shape index (κ2) is 11.8. The average molecular weight is 538 g/mol. The molecule has 2 fully saturated rings. The van der Waals surface area contributed by atoms with Crippen LogP contribution in [0.4, 0.5) is 17.6 Å². The van der Waals surface area contributed by atoms with E-state index in [2.05, 4.69) is 50.6 Å². The van der Waals surface area contributed by atoms with Gasteiger partial charge in [0, 0.05) is 49.8 Å². The van der Waals surface area contributed by atoms with Gasteiger partial charge in [0.15, 0.2) is 5.82 Å². The molecule has 0 saturated heterocycles. The van der Waals surface area contributed by atoms with Gasteiger partial charge < -0.3 is 10.2 Å². The van der Waals surface area contributed by atoms with Crippen molar-refractivity contribution in [3.8, 4) is 6.07 Å². The van der Waals surface area contributed by atoms with Crippen molar-refractivity contribution in [1.82, 2.24) is 20.2 Å². The number of nitriles is 1. The molecule has 0 aliphatic heterocycles. The molecule has 0 spiro atoms. The molecule has 8 heteroatoms. The number of Topliss-reactive ketones (excluding diaryl/α,β-unsaturated/α-hetero) is 1. The van der Waals surface area contributed by atoms with E-state index >= 15 is 0 Å². The number of nitrogens with one attached hydrogen (secondary N) is 2. The molecular weight excluding hydrogens is 498 g/mol. The maximum atomic E-state index is 12.9. The van der Waals surface area contributed by atoms with E-state index in [0.717, 1.165) is 56.1 Å². The van der Waals surface area contributed by atoms with Crippen molar-refractivity contribution in [3.63, 3.8) is 0 Å². The fourth-order valence-electron chi connectivity index (χ4n) is 7.12. The molecule has 1 unspecified atom stereocenters. The van der Waals surface area contributed by atoms with Gasteiger partial charge in [0.1, 0.15) is 11.6 Å². The predicted molar refractivity (Wildman–Crippen MR) is 156 cm³/mol. The molecular formula is C32H39N7O. The maximum Gasteiger partial charge on any atom is 0.227 e. The second-order valence-corrected chi connectivity index (χ2v) is 12.2. The van der Waals surface area contributed by atoms with Crippen LogP contribution >= 0.6 is 0 Å². The van der Waals surface area contributed by atoms with Crippen molar-refractivity contribution in [2.45, 2.75) is 89.0 Å². The Morgan fingerprint density at radius 3 is 2.58 bits per heavy atom. The molecule has 208 valence electrons. The number of hydrogen-bond donors (Lipinski definition) is 2. The molecule has 0 radical (unpaired) electrons. The van der Waals surface area contributed by atoms with Crippen molar-refractivity contribution in [3.05, 3.63) is 58.9 Å². The molecule has 3 aliphatic rings. The van der Waals surface area contributed by atoms with Crippen molar-refractivity contribution >= 4 is 23.4 Å². The normalized spacial score (nSPS) is 22.6. The first-order valence-electron chi connectivity index (χ1n) is 15.0. The summed E-state index contributed by atoms with van der Waals surface area (Å²) < 4.78 is 0. The van der Waals surface area contributed by atoms with Gasteiger partial charge in [0.25, 0.3) is 0 Å². The zero-order valence-electron chi connectivity index (χ0n) is 23.4. The van der Waals surface area contributed by atoms with Crippen molar-refractivity contribution < 1.29 is 4.79 Å². The van der Waals surface area contributed by atoms with Crippen LogP contribution in [0.1, 0.15) is 92.5 Å². The third-order valence-corrected chi connectivity index (χ3v) is 9.36. The number of aromatic nitrogens is 4. The molecule has 1 atom stereocenters. The first-order valence-corrected chi connectivity index (χ1v) is 15.0. The highest BCUT2D eigenvalue weighted by Crippen LogP contribution is 2.35. The Morgan fingerprint density at radius 2 is 1.77 bits per heavy atom. The Balaban J connectivity index is 0.969. The molecule has 6 rings (SSSR count). The first-order chi connectivity index (χ1) is 19.5. The molecule has 0 amide bonds. The molecule has 2 aromatic heterocycles. The van der Waals surface area contributed by atoms with Crippen LogP contribution in [0.25, 0.3) is 0 Å². The molecule has 8 nitrogen and oxygen atoms in total. The molecule has 1 aromatic carbocycles. The van der Waals surface area contributed by atoms with Gasteiger partial charge >= 0.3 is 0 Å². The van der Waals surface area contributed by atoms with Gasteiger partial charge in [-0.25, -0.2) is 4.98 Å². The van der Waals surface area contributed by atoms with Crippen LogP contribution in [0, 0.1) is 23.2 Å². The summed E-state index contributed by atoms with van der Waals surface area (Å²) in [7, 11) is 2.08. The Kier molecular flexibility index (Phi) is 7.81. The third kappa shape index (κ3) is 6.04. The summed E-state index contributed by atoms with van der Waals surface area (Å²) in [5, 5.41) is 20.2. The minimum atomic E-state index is 0.375. The van der Waals surface area contributed by atoms with Crippen LogP contribution in [-0.4, -0.2) is 39.0 Å². The minimum Gasteiger partial charge on any atom is -0.341 e. The Morgan fingerprint density at radius 1 is 1.00 bits per heavy atom. The molecule has 2 N–H and O–H groups in total. The predicted octanol–water partition coefficient (Wildman–Crippen LogP) is 6.23. The minimum absolute atomic E-state index is 0.375. The Bertz CT molecular complexity index is 1380. The monoisotopic (exact) mass is 537 g/mol. The summed E-state index contributed by atoms with van der Waals surface area (Å²) in [4.78, 5) is 24.5.